The first kappa shape index (κ1) is 11.5. The molecule has 0 aliphatic carbocycles. The maximum Gasteiger partial charge on any atom is 0.502 e. The Morgan fingerprint density at radius 3 is 1.38 bits per heavy atom. The fourth-order valence-electron chi connectivity index (χ4n) is 0.427. The first-order valence-electron chi connectivity index (χ1n) is 3.04. The topological polar surface area (TPSA) is 154 Å². The van der Waals surface area contributed by atoms with Gasteiger partial charge in [0, 0.05) is 0 Å². The highest BCUT2D eigenvalue weighted by Crippen LogP contribution is 1.99. The Hall–Kier alpha value is -1.53. The fraction of sp³-hybridized carbons (Fsp3) is 0.250. The van der Waals surface area contributed by atoms with E-state index in [0.717, 1.165) is 0 Å². The minimum absolute atomic E-state index is 0.0417. The van der Waals surface area contributed by atoms with Gasteiger partial charge in [0.1, 0.15) is 0 Å². The summed E-state index contributed by atoms with van der Waals surface area (Å²) in [5, 5.41) is 0. The molecule has 0 aromatic carbocycles. The number of aromatic nitrogens is 3. The van der Waals surface area contributed by atoms with Crippen LogP contribution < -0.4 is 17.2 Å². The number of anilines is 3. The van der Waals surface area contributed by atoms with Crippen molar-refractivity contribution in [1.82, 2.24) is 15.0 Å². The highest BCUT2D eigenvalue weighted by atomic mass is 31.1. The maximum atomic E-state index is 9.15. The molecule has 1 heterocycles. The molecule has 8 nitrogen and oxygen atoms in total. The van der Waals surface area contributed by atoms with Gasteiger partial charge in [-0.15, -0.1) is 0 Å². The van der Waals surface area contributed by atoms with Crippen LogP contribution in [0.2, 0.25) is 0 Å². The van der Waals surface area contributed by atoms with Gasteiger partial charge in [-0.2, -0.15) is 19.8 Å². The van der Waals surface area contributed by atoms with Gasteiger partial charge < -0.3 is 17.2 Å². The molecule has 7 N–H and O–H groups in total. The fourth-order valence-corrected chi connectivity index (χ4v) is 0.427. The number of hydrogen-bond acceptors (Lipinski definition) is 7. The smallest absolute Gasteiger partial charge is 0.368 e. The number of nitrogens with two attached hydrogens (primary N) is 3. The van der Waals surface area contributed by atoms with Gasteiger partial charge in [0.2, 0.25) is 17.8 Å². The Labute approximate surface area is 75.1 Å². The lowest BCUT2D eigenvalue weighted by Crippen LogP contribution is -2.05. The van der Waals surface area contributed by atoms with Crippen LogP contribution in [0.3, 0.4) is 0 Å². The van der Waals surface area contributed by atoms with E-state index in [1.54, 1.807) is 0 Å². The molecule has 0 saturated heterocycles. The second-order valence-corrected chi connectivity index (χ2v) is 2.80. The molecule has 0 saturated carbocycles. The van der Waals surface area contributed by atoms with Crippen LogP contribution in [0, 0.1) is 0 Å². The van der Waals surface area contributed by atoms with Crippen LogP contribution in [-0.2, 0) is 4.57 Å². The van der Waals surface area contributed by atoms with E-state index in [1.807, 2.05) is 0 Å². The van der Waals surface area contributed by atoms with Crippen LogP contribution in [0.4, 0.5) is 17.8 Å². The summed E-state index contributed by atoms with van der Waals surface area (Å²) in [4.78, 5) is 18.0. The third-order valence-electron chi connectivity index (χ3n) is 0.687. The van der Waals surface area contributed by atoms with Crippen molar-refractivity contribution in [2.24, 2.45) is 0 Å². The molecule has 0 amide bonds. The Balaban J connectivity index is 0.000000310. The maximum absolute atomic E-state index is 9.15. The van der Waals surface area contributed by atoms with Gasteiger partial charge in [-0.3, -0.25) is 0 Å². The van der Waals surface area contributed by atoms with Gasteiger partial charge in [0.05, 0.1) is 0 Å². The number of nitrogen functional groups attached to an aromatic ring is 3. The van der Waals surface area contributed by atoms with E-state index in [2.05, 4.69) is 15.0 Å². The lowest BCUT2D eigenvalue weighted by Gasteiger charge is -1.93. The van der Waals surface area contributed by atoms with Crippen molar-refractivity contribution in [2.45, 2.75) is 0 Å². The molecule has 0 aliphatic heterocycles. The molecule has 1 unspecified atom stereocenters. The minimum Gasteiger partial charge on any atom is -0.368 e. The quantitative estimate of drug-likeness (QED) is 0.392. The van der Waals surface area contributed by atoms with Crippen LogP contribution in [0.1, 0.15) is 0 Å². The molecule has 1 rings (SSSR count). The highest BCUT2D eigenvalue weighted by Gasteiger charge is 1.93. The van der Waals surface area contributed by atoms with Gasteiger partial charge in [0.15, 0.2) is 6.66 Å². The third-order valence-corrected chi connectivity index (χ3v) is 0.687. The van der Waals surface area contributed by atoms with Crippen molar-refractivity contribution >= 4 is 25.9 Å². The zero-order chi connectivity index (χ0) is 10.4. The van der Waals surface area contributed by atoms with E-state index in [4.69, 9.17) is 26.7 Å². The lowest BCUT2D eigenvalue weighted by molar-refractivity contribution is 0.509. The molecule has 0 spiro atoms. The van der Waals surface area contributed by atoms with E-state index in [9.17, 15) is 0 Å². The monoisotopic (exact) mass is 205 g/mol. The number of hydrogen-bond donors (Lipinski definition) is 4. The summed E-state index contributed by atoms with van der Waals surface area (Å²) in [7, 11) is -1.87. The minimum atomic E-state index is -1.87. The molecule has 0 aliphatic rings. The summed E-state index contributed by atoms with van der Waals surface area (Å²) in [5.41, 5.74) is 15.4. The van der Waals surface area contributed by atoms with Crippen LogP contribution in [0.5, 0.6) is 0 Å². The second-order valence-electron chi connectivity index (χ2n) is 1.87. The van der Waals surface area contributed by atoms with E-state index in [1.165, 1.54) is 6.66 Å². The van der Waals surface area contributed by atoms with E-state index < -0.39 is 8.03 Å². The molecule has 1 aromatic heterocycles. The van der Waals surface area contributed by atoms with Crippen LogP contribution in [0.25, 0.3) is 0 Å². The summed E-state index contributed by atoms with van der Waals surface area (Å²) in [6.45, 7) is 1.23. The van der Waals surface area contributed by atoms with Gasteiger partial charge in [0.25, 0.3) is 0 Å². The normalized spacial score (nSPS) is 9.85. The average molecular weight is 205 g/mol. The molecular formula is C4H10N6O2P+. The summed E-state index contributed by atoms with van der Waals surface area (Å²) in [6, 6.07) is 0. The largest absolute Gasteiger partial charge is 0.502 e. The van der Waals surface area contributed by atoms with E-state index in [-0.39, 0.29) is 17.8 Å². The molecule has 1 atom stereocenters. The summed E-state index contributed by atoms with van der Waals surface area (Å²) in [5.74, 6) is 0.125. The predicted octanol–water partition coefficient (Wildman–Crippen LogP) is -1.03. The predicted molar refractivity (Wildman–Crippen MR) is 48.8 cm³/mol. The SMILES string of the molecule is C[P+](=O)O.Nc1nc(N)nc(N)n1. The molecule has 9 heteroatoms. The second kappa shape index (κ2) is 5.18. The first-order chi connectivity index (χ1) is 5.91. The number of rotatable bonds is 0. The van der Waals surface area contributed by atoms with Crippen LogP contribution >= 0.6 is 8.03 Å². The Morgan fingerprint density at radius 2 is 1.23 bits per heavy atom. The molecule has 72 valence electrons. The Morgan fingerprint density at radius 1 is 1.08 bits per heavy atom. The third kappa shape index (κ3) is 6.85. The molecule has 13 heavy (non-hydrogen) atoms. The summed E-state index contributed by atoms with van der Waals surface area (Å²) in [6.07, 6.45) is 0. The van der Waals surface area contributed by atoms with E-state index in [0.29, 0.717) is 0 Å². The van der Waals surface area contributed by atoms with Crippen LogP contribution in [0.15, 0.2) is 0 Å². The summed E-state index contributed by atoms with van der Waals surface area (Å²) < 4.78 is 9.15. The lowest BCUT2D eigenvalue weighted by atomic mass is 10.9. The van der Waals surface area contributed by atoms with Crippen molar-refractivity contribution < 1.29 is 9.46 Å². The Bertz CT molecular complexity index is 250. The van der Waals surface area contributed by atoms with E-state index >= 15 is 0 Å². The first-order valence-corrected chi connectivity index (χ1v) is 4.70. The van der Waals surface area contributed by atoms with Crippen molar-refractivity contribution in [3.63, 3.8) is 0 Å². The van der Waals surface area contributed by atoms with Gasteiger partial charge in [-0.1, -0.05) is 0 Å². The van der Waals surface area contributed by atoms with Crippen LogP contribution in [-0.4, -0.2) is 26.5 Å². The zero-order valence-corrected chi connectivity index (χ0v) is 7.77. The molecular weight excluding hydrogens is 195 g/mol. The molecule has 0 radical (unpaired) electrons. The molecule has 0 bridgehead atoms. The van der Waals surface area contributed by atoms with Gasteiger partial charge in [-0.05, 0) is 4.57 Å². The van der Waals surface area contributed by atoms with Crippen molar-refractivity contribution in [3.05, 3.63) is 0 Å². The Kier molecular flexibility index (Phi) is 4.57. The highest BCUT2D eigenvalue weighted by molar-refractivity contribution is 7.36. The van der Waals surface area contributed by atoms with Gasteiger partial charge in [-0.25, -0.2) is 0 Å². The summed E-state index contributed by atoms with van der Waals surface area (Å²) >= 11 is 0. The average Bonchev–Trinajstić information content (AvgIpc) is 1.80. The zero-order valence-electron chi connectivity index (χ0n) is 6.88. The van der Waals surface area contributed by atoms with Crippen molar-refractivity contribution in [1.29, 1.82) is 0 Å². The van der Waals surface area contributed by atoms with Gasteiger partial charge >= 0.3 is 8.03 Å². The molecule has 1 aromatic rings. The standard InChI is InChI=1S/C3H6N6.CH3O2P/c4-1-7-2(5)9-3(6)8-1;1-4(2)3/h(H6,4,5,6,7,8,9);1H3/p+1. The number of nitrogens with zero attached hydrogens (tertiary/aromatic N) is 3. The molecule has 0 fully saturated rings. The van der Waals surface area contributed by atoms with Crippen molar-refractivity contribution in [3.8, 4) is 0 Å². The van der Waals surface area contributed by atoms with Crippen molar-refractivity contribution in [2.75, 3.05) is 23.9 Å².